The van der Waals surface area contributed by atoms with Crippen LogP contribution < -0.4 is 5.32 Å². The third-order valence-electron chi connectivity index (χ3n) is 4.65. The van der Waals surface area contributed by atoms with Crippen LogP contribution in [0.5, 0.6) is 0 Å². The zero-order valence-corrected chi connectivity index (χ0v) is 15.6. The quantitative estimate of drug-likeness (QED) is 0.761. The van der Waals surface area contributed by atoms with Gasteiger partial charge in [-0.1, -0.05) is 19.9 Å². The Bertz CT molecular complexity index is 922. The normalized spacial score (nSPS) is 18.2. The van der Waals surface area contributed by atoms with E-state index in [2.05, 4.69) is 29.1 Å². The van der Waals surface area contributed by atoms with Gasteiger partial charge in [0.05, 0.1) is 16.6 Å². The number of amides is 1. The van der Waals surface area contributed by atoms with Crippen LogP contribution in [0, 0.1) is 5.41 Å². The Balaban J connectivity index is 1.67. The summed E-state index contributed by atoms with van der Waals surface area (Å²) in [5.41, 5.74) is 2.98. The Hall–Kier alpha value is -2.60. The van der Waals surface area contributed by atoms with Gasteiger partial charge in [-0.15, -0.1) is 11.3 Å². The molecule has 0 bridgehead atoms. The van der Waals surface area contributed by atoms with E-state index in [4.69, 9.17) is 4.98 Å². The monoisotopic (exact) mass is 364 g/mol. The van der Waals surface area contributed by atoms with Crippen LogP contribution >= 0.6 is 11.3 Å². The Kier molecular flexibility index (Phi) is 4.28. The number of hydrogen-bond donors (Lipinski definition) is 1. The zero-order valence-electron chi connectivity index (χ0n) is 14.8. The first-order valence-corrected chi connectivity index (χ1v) is 9.50. The van der Waals surface area contributed by atoms with Gasteiger partial charge in [-0.2, -0.15) is 0 Å². The predicted molar refractivity (Wildman–Crippen MR) is 102 cm³/mol. The average molecular weight is 364 g/mol. The van der Waals surface area contributed by atoms with Gasteiger partial charge in [0.2, 0.25) is 0 Å². The van der Waals surface area contributed by atoms with Gasteiger partial charge in [-0.3, -0.25) is 9.78 Å². The summed E-state index contributed by atoms with van der Waals surface area (Å²) in [6.45, 7) is 4.43. The number of thiophene rings is 1. The molecule has 6 heteroatoms. The third-order valence-corrected chi connectivity index (χ3v) is 5.52. The van der Waals surface area contributed by atoms with Crippen molar-refractivity contribution in [1.82, 2.24) is 20.3 Å². The fourth-order valence-electron chi connectivity index (χ4n) is 3.45. The SMILES string of the molecule is CC1(C)Cc2nc(-c3cccnc3)ncc2C(NC(=O)c2cccs2)C1. The van der Waals surface area contributed by atoms with Crippen molar-refractivity contribution in [3.05, 3.63) is 64.4 Å². The van der Waals surface area contributed by atoms with Gasteiger partial charge in [-0.05, 0) is 41.8 Å². The van der Waals surface area contributed by atoms with E-state index in [1.54, 1.807) is 12.4 Å². The summed E-state index contributed by atoms with van der Waals surface area (Å²) in [6.07, 6.45) is 7.10. The number of fused-ring (bicyclic) bond motifs is 1. The van der Waals surface area contributed by atoms with E-state index in [0.29, 0.717) is 5.82 Å². The molecule has 4 rings (SSSR count). The van der Waals surface area contributed by atoms with E-state index in [9.17, 15) is 4.79 Å². The van der Waals surface area contributed by atoms with Gasteiger partial charge in [0.15, 0.2) is 5.82 Å². The maximum absolute atomic E-state index is 12.5. The molecule has 3 heterocycles. The smallest absolute Gasteiger partial charge is 0.261 e. The van der Waals surface area contributed by atoms with E-state index in [1.165, 1.54) is 11.3 Å². The first-order chi connectivity index (χ1) is 12.5. The lowest BCUT2D eigenvalue weighted by Gasteiger charge is -2.36. The van der Waals surface area contributed by atoms with Gasteiger partial charge >= 0.3 is 0 Å². The average Bonchev–Trinajstić information content (AvgIpc) is 3.16. The van der Waals surface area contributed by atoms with E-state index in [-0.39, 0.29) is 17.4 Å². The summed E-state index contributed by atoms with van der Waals surface area (Å²) in [5.74, 6) is 0.642. The largest absolute Gasteiger partial charge is 0.344 e. The maximum atomic E-state index is 12.5. The van der Waals surface area contributed by atoms with Crippen LogP contribution in [0.15, 0.2) is 48.2 Å². The molecule has 0 aliphatic heterocycles. The van der Waals surface area contributed by atoms with Gasteiger partial charge in [0, 0.05) is 29.7 Å². The Morgan fingerprint density at radius 3 is 2.88 bits per heavy atom. The minimum atomic E-state index is -0.0775. The molecular weight excluding hydrogens is 344 g/mol. The van der Waals surface area contributed by atoms with Crippen molar-refractivity contribution in [2.75, 3.05) is 0 Å². The molecule has 132 valence electrons. The number of rotatable bonds is 3. The standard InChI is InChI=1S/C20H20N4OS/c1-20(2)9-15-14(12-22-18(23-15)13-5-3-7-21-11-13)16(10-20)24-19(25)17-6-4-8-26-17/h3-8,11-12,16H,9-10H2,1-2H3,(H,24,25). The lowest BCUT2D eigenvalue weighted by molar-refractivity contribution is 0.0923. The molecule has 0 aromatic carbocycles. The second kappa shape index (κ2) is 6.61. The second-order valence-electron chi connectivity index (χ2n) is 7.39. The van der Waals surface area contributed by atoms with E-state index in [1.807, 2.05) is 35.8 Å². The van der Waals surface area contributed by atoms with Gasteiger partial charge < -0.3 is 5.32 Å². The minimum absolute atomic E-state index is 0.0371. The molecule has 1 atom stereocenters. The predicted octanol–water partition coefficient (Wildman–Crippen LogP) is 4.04. The van der Waals surface area contributed by atoms with Crippen molar-refractivity contribution < 1.29 is 4.79 Å². The van der Waals surface area contributed by atoms with Crippen LogP contribution in [0.2, 0.25) is 0 Å². The van der Waals surface area contributed by atoms with Gasteiger partial charge in [0.25, 0.3) is 5.91 Å². The highest BCUT2D eigenvalue weighted by molar-refractivity contribution is 7.12. The summed E-state index contributed by atoms with van der Waals surface area (Å²) in [6, 6.07) is 7.50. The minimum Gasteiger partial charge on any atom is -0.344 e. The molecule has 0 fully saturated rings. The number of aromatic nitrogens is 3. The number of carbonyl (C=O) groups is 1. The van der Waals surface area contributed by atoms with Gasteiger partial charge in [0.1, 0.15) is 0 Å². The van der Waals surface area contributed by atoms with Crippen molar-refractivity contribution in [2.45, 2.75) is 32.7 Å². The maximum Gasteiger partial charge on any atom is 0.261 e. The van der Waals surface area contributed by atoms with Crippen LogP contribution in [0.3, 0.4) is 0 Å². The van der Waals surface area contributed by atoms with Crippen LogP contribution in [0.1, 0.15) is 47.2 Å². The lowest BCUT2D eigenvalue weighted by Crippen LogP contribution is -2.37. The van der Waals surface area contributed by atoms with Crippen LogP contribution in [-0.2, 0) is 6.42 Å². The summed E-state index contributed by atoms with van der Waals surface area (Å²) in [4.78, 5) is 26.7. The van der Waals surface area contributed by atoms with Crippen molar-refractivity contribution in [1.29, 1.82) is 0 Å². The second-order valence-corrected chi connectivity index (χ2v) is 8.33. The van der Waals surface area contributed by atoms with E-state index in [0.717, 1.165) is 34.5 Å². The molecule has 0 saturated carbocycles. The van der Waals surface area contributed by atoms with E-state index < -0.39 is 0 Å². The Morgan fingerprint density at radius 2 is 2.15 bits per heavy atom. The molecule has 1 unspecified atom stereocenters. The summed E-state index contributed by atoms with van der Waals surface area (Å²) in [5, 5.41) is 5.09. The first kappa shape index (κ1) is 16.8. The summed E-state index contributed by atoms with van der Waals surface area (Å²) >= 11 is 1.45. The molecule has 3 aromatic rings. The fourth-order valence-corrected chi connectivity index (χ4v) is 4.07. The molecule has 1 N–H and O–H groups in total. The van der Waals surface area contributed by atoms with E-state index >= 15 is 0 Å². The summed E-state index contributed by atoms with van der Waals surface area (Å²) in [7, 11) is 0. The number of carbonyl (C=O) groups excluding carboxylic acids is 1. The number of pyridine rings is 1. The zero-order chi connectivity index (χ0) is 18.1. The number of hydrogen-bond acceptors (Lipinski definition) is 5. The highest BCUT2D eigenvalue weighted by atomic mass is 32.1. The van der Waals surface area contributed by atoms with Crippen molar-refractivity contribution in [3.8, 4) is 11.4 Å². The topological polar surface area (TPSA) is 67.8 Å². The molecule has 26 heavy (non-hydrogen) atoms. The summed E-state index contributed by atoms with van der Waals surface area (Å²) < 4.78 is 0. The molecule has 0 saturated heterocycles. The van der Waals surface area contributed by atoms with Crippen LogP contribution in [0.25, 0.3) is 11.4 Å². The van der Waals surface area contributed by atoms with Crippen molar-refractivity contribution >= 4 is 17.2 Å². The Labute approximate surface area is 156 Å². The molecule has 1 amide bonds. The molecule has 5 nitrogen and oxygen atoms in total. The number of nitrogens with zero attached hydrogens (tertiary/aromatic N) is 3. The third kappa shape index (κ3) is 3.37. The Morgan fingerprint density at radius 1 is 1.27 bits per heavy atom. The van der Waals surface area contributed by atoms with Gasteiger partial charge in [-0.25, -0.2) is 9.97 Å². The fraction of sp³-hybridized carbons (Fsp3) is 0.300. The number of nitrogens with one attached hydrogen (secondary N) is 1. The molecular formula is C20H20N4OS. The van der Waals surface area contributed by atoms with Crippen molar-refractivity contribution in [3.63, 3.8) is 0 Å². The van der Waals surface area contributed by atoms with Crippen LogP contribution in [0.4, 0.5) is 0 Å². The van der Waals surface area contributed by atoms with Crippen LogP contribution in [-0.4, -0.2) is 20.9 Å². The highest BCUT2D eigenvalue weighted by Crippen LogP contribution is 2.40. The molecule has 1 aliphatic rings. The molecule has 1 aliphatic carbocycles. The molecule has 3 aromatic heterocycles. The molecule has 0 radical (unpaired) electrons. The molecule has 0 spiro atoms. The highest BCUT2D eigenvalue weighted by Gasteiger charge is 2.34. The first-order valence-electron chi connectivity index (χ1n) is 8.62. The lowest BCUT2D eigenvalue weighted by atomic mass is 9.74. The van der Waals surface area contributed by atoms with Crippen molar-refractivity contribution in [2.24, 2.45) is 5.41 Å².